The van der Waals surface area contributed by atoms with Crippen molar-refractivity contribution in [2.24, 2.45) is 5.41 Å². The molecule has 1 aromatic carbocycles. The molecular weight excluding hydrogens is 338 g/mol. The van der Waals surface area contributed by atoms with Crippen LogP contribution in [0.3, 0.4) is 0 Å². The van der Waals surface area contributed by atoms with Crippen LogP contribution in [0, 0.1) is 28.1 Å². The number of nitrogens with zero attached hydrogens (tertiary/aromatic N) is 3. The Morgan fingerprint density at radius 2 is 1.78 bits per heavy atom. The summed E-state index contributed by atoms with van der Waals surface area (Å²) in [7, 11) is 0. The molecule has 0 spiro atoms. The van der Waals surface area contributed by atoms with Gasteiger partial charge >= 0.3 is 5.97 Å². The van der Waals surface area contributed by atoms with E-state index in [1.54, 1.807) is 24.3 Å². The molecule has 27 heavy (non-hydrogen) atoms. The van der Waals surface area contributed by atoms with Crippen LogP contribution >= 0.6 is 0 Å². The molecule has 3 rings (SSSR count). The minimum atomic E-state index is -0.704. The van der Waals surface area contributed by atoms with E-state index in [0.29, 0.717) is 23.3 Å². The molecule has 0 bridgehead atoms. The SMILES string of the molecule is CC1(C)CC(N2CCCC2)=C(C#N)/C(=C(\C#N)C(=O)Oc2ccccc2)C1. The van der Waals surface area contributed by atoms with E-state index in [1.165, 1.54) is 0 Å². The van der Waals surface area contributed by atoms with E-state index < -0.39 is 5.97 Å². The highest BCUT2D eigenvalue weighted by Gasteiger charge is 2.36. The van der Waals surface area contributed by atoms with Crippen molar-refractivity contribution in [2.75, 3.05) is 13.1 Å². The van der Waals surface area contributed by atoms with Crippen LogP contribution in [0.4, 0.5) is 0 Å². The lowest BCUT2D eigenvalue weighted by atomic mass is 9.72. The maximum Gasteiger partial charge on any atom is 0.354 e. The molecule has 2 aliphatic rings. The van der Waals surface area contributed by atoms with Crippen molar-refractivity contribution < 1.29 is 9.53 Å². The van der Waals surface area contributed by atoms with Crippen LogP contribution in [0.2, 0.25) is 0 Å². The van der Waals surface area contributed by atoms with E-state index in [4.69, 9.17) is 4.74 Å². The third-order valence-electron chi connectivity index (χ3n) is 5.06. The van der Waals surface area contributed by atoms with E-state index >= 15 is 0 Å². The third kappa shape index (κ3) is 4.04. The van der Waals surface area contributed by atoms with Crippen molar-refractivity contribution in [3.8, 4) is 17.9 Å². The zero-order chi connectivity index (χ0) is 19.4. The van der Waals surface area contributed by atoms with Gasteiger partial charge in [-0.1, -0.05) is 32.0 Å². The number of para-hydroxylation sites is 1. The van der Waals surface area contributed by atoms with Gasteiger partial charge in [0.1, 0.15) is 23.5 Å². The lowest BCUT2D eigenvalue weighted by Crippen LogP contribution is -2.30. The van der Waals surface area contributed by atoms with Gasteiger partial charge in [-0.05, 0) is 48.8 Å². The minimum Gasteiger partial charge on any atom is -0.422 e. The first kappa shape index (κ1) is 18.7. The summed E-state index contributed by atoms with van der Waals surface area (Å²) in [6.45, 7) is 6.05. The Bertz CT molecular complexity index is 876. The number of carbonyl (C=O) groups is 1. The molecule has 1 aliphatic heterocycles. The first-order chi connectivity index (χ1) is 12.9. The Morgan fingerprint density at radius 1 is 1.11 bits per heavy atom. The van der Waals surface area contributed by atoms with Crippen molar-refractivity contribution in [1.29, 1.82) is 10.5 Å². The second-order valence-electron chi connectivity index (χ2n) is 7.81. The molecule has 5 nitrogen and oxygen atoms in total. The zero-order valence-corrected chi connectivity index (χ0v) is 15.8. The van der Waals surface area contributed by atoms with Crippen LogP contribution in [-0.2, 0) is 4.79 Å². The Morgan fingerprint density at radius 3 is 2.37 bits per heavy atom. The maximum atomic E-state index is 12.7. The van der Waals surface area contributed by atoms with Gasteiger partial charge in [0.25, 0.3) is 0 Å². The van der Waals surface area contributed by atoms with Gasteiger partial charge in [-0.25, -0.2) is 4.79 Å². The van der Waals surface area contributed by atoms with Crippen LogP contribution in [-0.4, -0.2) is 24.0 Å². The minimum absolute atomic E-state index is 0.0696. The van der Waals surface area contributed by atoms with Gasteiger partial charge in [0.05, 0.1) is 5.57 Å². The number of hydrogen-bond acceptors (Lipinski definition) is 5. The molecule has 0 atom stereocenters. The summed E-state index contributed by atoms with van der Waals surface area (Å²) in [5.41, 5.74) is 1.74. The molecule has 0 radical (unpaired) electrons. The predicted octanol–water partition coefficient (Wildman–Crippen LogP) is 4.11. The third-order valence-corrected chi connectivity index (χ3v) is 5.06. The van der Waals surface area contributed by atoms with Crippen LogP contribution in [0.15, 0.2) is 52.7 Å². The van der Waals surface area contributed by atoms with Crippen molar-refractivity contribution in [2.45, 2.75) is 39.5 Å². The largest absolute Gasteiger partial charge is 0.422 e. The van der Waals surface area contributed by atoms with Gasteiger partial charge in [-0.15, -0.1) is 0 Å². The number of carbonyl (C=O) groups excluding carboxylic acids is 1. The van der Waals surface area contributed by atoms with E-state index in [9.17, 15) is 15.3 Å². The lowest BCUT2D eigenvalue weighted by Gasteiger charge is -2.37. The van der Waals surface area contributed by atoms with E-state index in [0.717, 1.165) is 38.0 Å². The molecule has 1 aromatic rings. The van der Waals surface area contributed by atoms with Gasteiger partial charge in [-0.3, -0.25) is 0 Å². The Balaban J connectivity index is 2.06. The zero-order valence-electron chi connectivity index (χ0n) is 15.8. The van der Waals surface area contributed by atoms with Gasteiger partial charge < -0.3 is 9.64 Å². The standard InChI is InChI=1S/C22H23N3O2/c1-22(2)12-17(18(14-23)20(13-22)25-10-6-7-11-25)19(15-24)21(26)27-16-8-4-3-5-9-16/h3-5,8-9H,6-7,10-13H2,1-2H3/b19-17+. The monoisotopic (exact) mass is 361 g/mol. The van der Waals surface area contributed by atoms with Crippen molar-refractivity contribution in [3.63, 3.8) is 0 Å². The molecule has 0 amide bonds. The van der Waals surface area contributed by atoms with Gasteiger partial charge in [0, 0.05) is 18.8 Å². The number of esters is 1. The second kappa shape index (κ2) is 7.68. The number of likely N-dealkylation sites (tertiary alicyclic amines) is 1. The fourth-order valence-corrected chi connectivity index (χ4v) is 3.83. The highest BCUT2D eigenvalue weighted by molar-refractivity contribution is 5.96. The summed E-state index contributed by atoms with van der Waals surface area (Å²) in [4.78, 5) is 14.9. The second-order valence-corrected chi connectivity index (χ2v) is 7.81. The quantitative estimate of drug-likeness (QED) is 0.350. The average Bonchev–Trinajstić information content (AvgIpc) is 3.16. The van der Waals surface area contributed by atoms with Crippen LogP contribution in [0.5, 0.6) is 5.75 Å². The normalized spacial score (nSPS) is 20.7. The number of ether oxygens (including phenoxy) is 1. The molecule has 1 heterocycles. The van der Waals surface area contributed by atoms with Crippen molar-refractivity contribution in [1.82, 2.24) is 4.90 Å². The fourth-order valence-electron chi connectivity index (χ4n) is 3.83. The Hall–Kier alpha value is -3.05. The van der Waals surface area contributed by atoms with E-state index in [-0.39, 0.29) is 11.0 Å². The van der Waals surface area contributed by atoms with Crippen molar-refractivity contribution in [3.05, 3.63) is 52.7 Å². The first-order valence-electron chi connectivity index (χ1n) is 9.24. The van der Waals surface area contributed by atoms with Gasteiger partial charge in [-0.2, -0.15) is 10.5 Å². The summed E-state index contributed by atoms with van der Waals surface area (Å²) < 4.78 is 5.38. The Labute approximate surface area is 160 Å². The molecule has 0 N–H and O–H groups in total. The molecule has 1 aliphatic carbocycles. The number of nitriles is 2. The molecule has 1 saturated heterocycles. The molecule has 138 valence electrons. The first-order valence-corrected chi connectivity index (χ1v) is 9.24. The van der Waals surface area contributed by atoms with Gasteiger partial charge in [0.15, 0.2) is 0 Å². The summed E-state index contributed by atoms with van der Waals surface area (Å²) >= 11 is 0. The Kier molecular flexibility index (Phi) is 5.33. The molecule has 0 unspecified atom stereocenters. The molecular formula is C22H23N3O2. The molecule has 0 saturated carbocycles. The van der Waals surface area contributed by atoms with Crippen LogP contribution < -0.4 is 4.74 Å². The molecule has 1 fully saturated rings. The fraction of sp³-hybridized carbons (Fsp3) is 0.409. The van der Waals surface area contributed by atoms with Crippen molar-refractivity contribution >= 4 is 5.97 Å². The summed E-state index contributed by atoms with van der Waals surface area (Å²) in [5.74, 6) is -0.321. The predicted molar refractivity (Wildman–Crippen MR) is 101 cm³/mol. The summed E-state index contributed by atoms with van der Waals surface area (Å²) in [6, 6.07) is 13.0. The number of hydrogen-bond donors (Lipinski definition) is 0. The van der Waals surface area contributed by atoms with Crippen LogP contribution in [0.1, 0.15) is 39.5 Å². The summed E-state index contributed by atoms with van der Waals surface area (Å²) in [5, 5.41) is 19.6. The van der Waals surface area contributed by atoms with Crippen LogP contribution in [0.25, 0.3) is 0 Å². The molecule has 0 aromatic heterocycles. The highest BCUT2D eigenvalue weighted by atomic mass is 16.5. The average molecular weight is 361 g/mol. The smallest absolute Gasteiger partial charge is 0.354 e. The van der Waals surface area contributed by atoms with E-state index in [1.807, 2.05) is 12.1 Å². The number of allylic oxidation sites excluding steroid dienone is 3. The number of benzene rings is 1. The molecule has 5 heteroatoms. The number of rotatable bonds is 3. The highest BCUT2D eigenvalue weighted by Crippen LogP contribution is 2.44. The van der Waals surface area contributed by atoms with E-state index in [2.05, 4.69) is 24.8 Å². The lowest BCUT2D eigenvalue weighted by molar-refractivity contribution is -0.129. The topological polar surface area (TPSA) is 77.1 Å². The van der Waals surface area contributed by atoms with Gasteiger partial charge in [0.2, 0.25) is 0 Å². The summed E-state index contributed by atoms with van der Waals surface area (Å²) in [6.07, 6.45) is 3.47. The maximum absolute atomic E-state index is 12.7.